The molecular weight excluding hydrogens is 174 g/mol. The van der Waals surface area contributed by atoms with E-state index in [2.05, 4.69) is 11.6 Å². The molecule has 0 heterocycles. The minimum atomic E-state index is -2.96. The van der Waals surface area contributed by atoms with E-state index >= 15 is 0 Å². The Hall–Kier alpha value is -0.0900. The molecule has 0 aliphatic carbocycles. The van der Waals surface area contributed by atoms with Gasteiger partial charge in [0.2, 0.25) is 10.0 Å². The topological polar surface area (TPSA) is 46.2 Å². The third-order valence-electron chi connectivity index (χ3n) is 1.63. The van der Waals surface area contributed by atoms with Crippen molar-refractivity contribution in [2.75, 3.05) is 12.3 Å². The Balaban J connectivity index is 3.48. The lowest BCUT2D eigenvalue weighted by atomic mass is 10.2. The highest BCUT2D eigenvalue weighted by Crippen LogP contribution is 2.00. The quantitative estimate of drug-likeness (QED) is 0.623. The SMILES string of the molecule is CCCCCCS(=O)(=O)NCC. The van der Waals surface area contributed by atoms with Crippen molar-refractivity contribution in [1.82, 2.24) is 4.72 Å². The molecule has 3 nitrogen and oxygen atoms in total. The Bertz CT molecular complexity index is 187. The Morgan fingerprint density at radius 2 is 1.75 bits per heavy atom. The summed E-state index contributed by atoms with van der Waals surface area (Å²) in [4.78, 5) is 0. The molecule has 0 rings (SSSR count). The van der Waals surface area contributed by atoms with E-state index in [0.717, 1.165) is 25.7 Å². The number of rotatable bonds is 7. The molecule has 12 heavy (non-hydrogen) atoms. The summed E-state index contributed by atoms with van der Waals surface area (Å²) in [6.07, 6.45) is 4.06. The van der Waals surface area contributed by atoms with Crippen LogP contribution in [-0.2, 0) is 10.0 Å². The molecule has 0 aromatic heterocycles. The van der Waals surface area contributed by atoms with Gasteiger partial charge in [0.05, 0.1) is 5.75 Å². The number of hydrogen-bond donors (Lipinski definition) is 1. The van der Waals surface area contributed by atoms with Gasteiger partial charge in [-0.05, 0) is 6.42 Å². The minimum Gasteiger partial charge on any atom is -0.216 e. The molecule has 0 fully saturated rings. The molecule has 0 amide bonds. The van der Waals surface area contributed by atoms with Gasteiger partial charge in [0, 0.05) is 6.54 Å². The second-order valence-corrected chi connectivity index (χ2v) is 4.80. The number of unbranched alkanes of at least 4 members (excludes halogenated alkanes) is 3. The summed E-state index contributed by atoms with van der Waals surface area (Å²) in [5.74, 6) is 0.279. The highest BCUT2D eigenvalue weighted by atomic mass is 32.2. The molecule has 0 saturated carbocycles. The lowest BCUT2D eigenvalue weighted by Gasteiger charge is -2.02. The molecule has 0 aromatic rings. The molecule has 4 heteroatoms. The highest BCUT2D eigenvalue weighted by molar-refractivity contribution is 7.89. The highest BCUT2D eigenvalue weighted by Gasteiger charge is 2.06. The molecule has 0 aromatic carbocycles. The summed E-state index contributed by atoms with van der Waals surface area (Å²) in [6, 6.07) is 0. The van der Waals surface area contributed by atoms with Crippen molar-refractivity contribution in [3.63, 3.8) is 0 Å². The summed E-state index contributed by atoms with van der Waals surface area (Å²) >= 11 is 0. The van der Waals surface area contributed by atoms with Crippen LogP contribution in [0, 0.1) is 0 Å². The van der Waals surface area contributed by atoms with E-state index in [1.165, 1.54) is 0 Å². The Labute approximate surface area is 75.6 Å². The van der Waals surface area contributed by atoms with Gasteiger partial charge >= 0.3 is 0 Å². The van der Waals surface area contributed by atoms with Crippen LogP contribution in [0.1, 0.15) is 39.5 Å². The fourth-order valence-electron chi connectivity index (χ4n) is 1.01. The largest absolute Gasteiger partial charge is 0.216 e. The predicted octanol–water partition coefficient (Wildman–Crippen LogP) is 1.51. The van der Waals surface area contributed by atoms with Crippen LogP contribution in [0.2, 0.25) is 0 Å². The van der Waals surface area contributed by atoms with Crippen LogP contribution in [0.15, 0.2) is 0 Å². The average molecular weight is 193 g/mol. The van der Waals surface area contributed by atoms with Crippen molar-refractivity contribution in [2.24, 2.45) is 0 Å². The van der Waals surface area contributed by atoms with Crippen molar-refractivity contribution in [3.05, 3.63) is 0 Å². The molecule has 0 atom stereocenters. The molecule has 0 radical (unpaired) electrons. The van der Waals surface area contributed by atoms with E-state index in [-0.39, 0.29) is 5.75 Å². The summed E-state index contributed by atoms with van der Waals surface area (Å²) in [5.41, 5.74) is 0. The van der Waals surface area contributed by atoms with Gasteiger partial charge in [-0.2, -0.15) is 0 Å². The zero-order valence-corrected chi connectivity index (χ0v) is 8.78. The zero-order valence-electron chi connectivity index (χ0n) is 7.97. The molecule has 0 saturated heterocycles. The van der Waals surface area contributed by atoms with Crippen LogP contribution in [0.3, 0.4) is 0 Å². The molecule has 0 spiro atoms. The van der Waals surface area contributed by atoms with E-state index in [1.54, 1.807) is 6.92 Å². The molecule has 1 N–H and O–H groups in total. The second kappa shape index (κ2) is 6.43. The van der Waals surface area contributed by atoms with Gasteiger partial charge in [0.1, 0.15) is 0 Å². The summed E-state index contributed by atoms with van der Waals surface area (Å²) in [7, 11) is -2.96. The smallest absolute Gasteiger partial charge is 0.211 e. The van der Waals surface area contributed by atoms with Crippen molar-refractivity contribution >= 4 is 10.0 Å². The first-order valence-electron chi connectivity index (χ1n) is 4.59. The predicted molar refractivity (Wildman–Crippen MR) is 51.6 cm³/mol. The zero-order chi connectivity index (χ0) is 9.45. The van der Waals surface area contributed by atoms with Gasteiger partial charge in [0.25, 0.3) is 0 Å². The Morgan fingerprint density at radius 3 is 2.25 bits per heavy atom. The van der Waals surface area contributed by atoms with Crippen LogP contribution in [-0.4, -0.2) is 20.7 Å². The van der Waals surface area contributed by atoms with E-state index in [4.69, 9.17) is 0 Å². The monoisotopic (exact) mass is 193 g/mol. The summed E-state index contributed by atoms with van der Waals surface area (Å²) < 4.78 is 24.6. The van der Waals surface area contributed by atoms with Crippen LogP contribution in [0.5, 0.6) is 0 Å². The molecule has 74 valence electrons. The minimum absolute atomic E-state index is 0.279. The van der Waals surface area contributed by atoms with Crippen LogP contribution in [0.25, 0.3) is 0 Å². The van der Waals surface area contributed by atoms with Crippen LogP contribution >= 0.6 is 0 Å². The van der Waals surface area contributed by atoms with Gasteiger partial charge in [0.15, 0.2) is 0 Å². The summed E-state index contributed by atoms with van der Waals surface area (Å²) in [5, 5.41) is 0. The van der Waals surface area contributed by atoms with Crippen molar-refractivity contribution < 1.29 is 8.42 Å². The van der Waals surface area contributed by atoms with E-state index in [9.17, 15) is 8.42 Å². The first kappa shape index (κ1) is 11.9. The number of hydrogen-bond acceptors (Lipinski definition) is 2. The fourth-order valence-corrected chi connectivity index (χ4v) is 2.18. The van der Waals surface area contributed by atoms with E-state index < -0.39 is 10.0 Å². The van der Waals surface area contributed by atoms with Gasteiger partial charge in [-0.15, -0.1) is 0 Å². The second-order valence-electron chi connectivity index (χ2n) is 2.88. The lowest BCUT2D eigenvalue weighted by Crippen LogP contribution is -2.25. The van der Waals surface area contributed by atoms with Crippen LogP contribution < -0.4 is 4.72 Å². The Morgan fingerprint density at radius 1 is 1.08 bits per heavy atom. The molecule has 0 aliphatic heterocycles. The lowest BCUT2D eigenvalue weighted by molar-refractivity contribution is 0.577. The first-order chi connectivity index (χ1) is 5.62. The molecular formula is C8H19NO2S. The van der Waals surface area contributed by atoms with Gasteiger partial charge in [-0.25, -0.2) is 13.1 Å². The maximum Gasteiger partial charge on any atom is 0.211 e. The maximum atomic E-state index is 11.1. The van der Waals surface area contributed by atoms with Crippen LogP contribution in [0.4, 0.5) is 0 Å². The fraction of sp³-hybridized carbons (Fsp3) is 1.00. The average Bonchev–Trinajstić information content (AvgIpc) is 1.98. The first-order valence-corrected chi connectivity index (χ1v) is 6.25. The number of sulfonamides is 1. The van der Waals surface area contributed by atoms with Gasteiger partial charge < -0.3 is 0 Å². The van der Waals surface area contributed by atoms with Crippen molar-refractivity contribution in [2.45, 2.75) is 39.5 Å². The van der Waals surface area contributed by atoms with Gasteiger partial charge in [-0.3, -0.25) is 0 Å². The third kappa shape index (κ3) is 6.61. The van der Waals surface area contributed by atoms with Gasteiger partial charge in [-0.1, -0.05) is 33.1 Å². The maximum absolute atomic E-state index is 11.1. The molecule has 0 unspecified atom stereocenters. The van der Waals surface area contributed by atoms with E-state index in [0.29, 0.717) is 6.54 Å². The molecule has 0 bridgehead atoms. The molecule has 0 aliphatic rings. The number of nitrogens with one attached hydrogen (secondary N) is 1. The standard InChI is InChI=1S/C8H19NO2S/c1-3-5-6-7-8-12(10,11)9-4-2/h9H,3-8H2,1-2H3. The Kier molecular flexibility index (Phi) is 6.38. The van der Waals surface area contributed by atoms with Crippen molar-refractivity contribution in [3.8, 4) is 0 Å². The third-order valence-corrected chi connectivity index (χ3v) is 3.19. The summed E-state index contributed by atoms with van der Waals surface area (Å²) in [6.45, 7) is 4.40. The van der Waals surface area contributed by atoms with E-state index in [1.807, 2.05) is 0 Å². The normalized spacial score (nSPS) is 11.8. The van der Waals surface area contributed by atoms with Crippen molar-refractivity contribution in [1.29, 1.82) is 0 Å².